The fourth-order valence-corrected chi connectivity index (χ4v) is 14.5. The van der Waals surface area contributed by atoms with Gasteiger partial charge in [-0.3, -0.25) is 24.0 Å². The number of amides is 3. The number of aliphatic hydroxyl groups excluding tert-OH is 7. The van der Waals surface area contributed by atoms with E-state index in [0.717, 1.165) is 120 Å². The summed E-state index contributed by atoms with van der Waals surface area (Å²) < 4.78 is 36.0. The van der Waals surface area contributed by atoms with E-state index in [1.165, 1.54) is 182 Å². The van der Waals surface area contributed by atoms with Crippen LogP contribution in [0.4, 0.5) is 39.8 Å². The van der Waals surface area contributed by atoms with E-state index in [4.69, 9.17) is 40.5 Å². The molecule has 134 heavy (non-hydrogen) atoms. The smallest absolute Gasteiger partial charge is 0.331 e. The van der Waals surface area contributed by atoms with E-state index < -0.39 is 5.97 Å². The monoisotopic (exact) mass is 2310 g/mol. The molecule has 9 N–H and O–H groups in total. The van der Waals surface area contributed by atoms with Gasteiger partial charge in [0.1, 0.15) is 38.7 Å². The van der Waals surface area contributed by atoms with E-state index in [2.05, 4.69) is 161 Å². The molecule has 0 fully saturated rings. The number of para-hydroxylation sites is 8. The number of β-amino-alcohol motifs (C(OH)–C–C–N with tert-alkyl or cyclic N) is 2. The van der Waals surface area contributed by atoms with Gasteiger partial charge in [0.2, 0.25) is 17.7 Å². The van der Waals surface area contributed by atoms with E-state index in [1.54, 1.807) is 0 Å². The van der Waals surface area contributed by atoms with E-state index in [0.29, 0.717) is 44.6 Å². The quantitative estimate of drug-likeness (QED) is 0.0302. The van der Waals surface area contributed by atoms with Crippen molar-refractivity contribution in [3.8, 4) is 5.75 Å². The average Bonchev–Trinajstić information content (AvgIpc) is 1.11. The number of nitrogens with zero attached hydrogens (tertiary/aromatic N) is 5. The van der Waals surface area contributed by atoms with Gasteiger partial charge in [0.05, 0.1) is 53.9 Å². The molecule has 0 unspecified atom stereocenters. The molecule has 1 aliphatic carbocycles. The zero-order valence-corrected chi connectivity index (χ0v) is 91.2. The van der Waals surface area contributed by atoms with Gasteiger partial charge in [-0.05, 0) is 164 Å². The molecule has 16 rings (SSSR count). The number of Topliss-reactive ketones (excluding diaryl/α,β-unsaturated/α-hetero) is 1. The molecule has 3 amide bonds. The maximum Gasteiger partial charge on any atom is 0.331 e. The zero-order chi connectivity index (χ0) is 98.1. The van der Waals surface area contributed by atoms with Crippen LogP contribution in [-0.4, -0.2) is 279 Å². The topological polar surface area (TPSA) is 392 Å². The van der Waals surface area contributed by atoms with Gasteiger partial charge in [-0.15, -0.1) is 0 Å². The first-order chi connectivity index (χ1) is 64.4. The Morgan fingerprint density at radius 1 is 0.366 bits per heavy atom. The van der Waals surface area contributed by atoms with Crippen LogP contribution >= 0.6 is 11.8 Å². The molecule has 0 aromatic heterocycles. The molecule has 33 heteroatoms. The van der Waals surface area contributed by atoms with Crippen LogP contribution in [0.2, 0.25) is 0 Å². The maximum absolute atomic E-state index is 11.7. The minimum atomic E-state index is -0.398. The minimum Gasteiger partial charge on any atom is -0.490 e. The van der Waals surface area contributed by atoms with Gasteiger partial charge >= 0.3 is 23.9 Å². The Morgan fingerprint density at radius 2 is 0.694 bits per heavy atom. The number of esters is 4. The van der Waals surface area contributed by atoms with Crippen LogP contribution < -0.4 is 39.9 Å². The number of hydrogen-bond donors (Lipinski definition) is 9. The van der Waals surface area contributed by atoms with Gasteiger partial charge in [-0.25, -0.2) is 14.4 Å². The molecule has 30 nitrogen and oxygen atoms in total. The first-order valence-electron chi connectivity index (χ1n) is 43.8. The number of carbonyl (C=O) groups is 8. The maximum atomic E-state index is 11.7. The van der Waals surface area contributed by atoms with E-state index in [-0.39, 0.29) is 163 Å². The fourth-order valence-electron chi connectivity index (χ4n) is 14.1. The van der Waals surface area contributed by atoms with Gasteiger partial charge in [0.15, 0.2) is 5.78 Å². The van der Waals surface area contributed by atoms with Crippen LogP contribution in [0, 0.1) is 88.1 Å². The molecule has 7 aliphatic heterocycles. The number of anilines is 7. The van der Waals surface area contributed by atoms with Crippen LogP contribution in [0.25, 0.3) is 0 Å². The first kappa shape index (κ1) is 128. The molecule has 2 radical (unpaired) electrons. The Kier molecular flexibility index (Phi) is 77.8. The SMILES string of the molecule is CCCN1CCCc2ccccc21.CO.CO.CO.CO.CO.COC(=O)CN1C(=O)CCc2ccccc21.COCC(=O)OC.COCC(=O)OC.COCC(=O)OC.CSCCN1CCCc2ccccc21.O=C1CCc2ccccc21.O=C1CCc2ccccc2N1.O=C1CCc2ccccc2N1.OCCN1CCCc2ccccc21.OCCN1CCOc2ccccc21.[Ac].[Ac]. The predicted molar refractivity (Wildman–Crippen MR) is 525 cm³/mol. The number of carbonyl (C=O) groups excluding carboxylic acids is 8. The Labute approximate surface area is 869 Å². The molecule has 8 aliphatic rings. The van der Waals surface area contributed by atoms with Gasteiger partial charge in [-0.2, -0.15) is 11.8 Å². The Morgan fingerprint density at radius 3 is 1.07 bits per heavy atom. The Hall–Kier alpha value is -8.45. The third-order valence-corrected chi connectivity index (χ3v) is 20.8. The third kappa shape index (κ3) is 49.5. The number of ether oxygens (including phenoxy) is 8. The number of fused-ring (bicyclic) bond motifs is 8. The summed E-state index contributed by atoms with van der Waals surface area (Å²) in [6.07, 6.45) is 16.8. The normalized spacial score (nSPS) is 13.0. The summed E-state index contributed by atoms with van der Waals surface area (Å²) in [5, 5.41) is 58.4. The molecule has 8 aromatic rings. The van der Waals surface area contributed by atoms with Crippen molar-refractivity contribution in [2.24, 2.45) is 0 Å². The second-order valence-corrected chi connectivity index (χ2v) is 29.6. The number of rotatable bonds is 17. The Bertz CT molecular complexity index is 4280. The summed E-state index contributed by atoms with van der Waals surface area (Å²) in [4.78, 5) is 97.0. The molecule has 0 atom stereocenters. The third-order valence-electron chi connectivity index (χ3n) is 20.2. The summed E-state index contributed by atoms with van der Waals surface area (Å²) in [7, 11) is 14.6. The number of thioether (sulfide) groups is 1. The Balaban J connectivity index is 0. The molecule has 0 bridgehead atoms. The number of methoxy groups -OCH3 is 7. The van der Waals surface area contributed by atoms with Crippen LogP contribution in [0.1, 0.15) is 108 Å². The summed E-state index contributed by atoms with van der Waals surface area (Å²) in [5.74, 6) is 1.25. The molecule has 0 saturated carbocycles. The first-order valence-corrected chi connectivity index (χ1v) is 45.2. The van der Waals surface area contributed by atoms with Crippen molar-refractivity contribution in [2.75, 3.05) is 231 Å². The predicted octanol–water partition coefficient (Wildman–Crippen LogP) is 11.5. The number of hydrogen-bond acceptors (Lipinski definition) is 28. The molecule has 0 saturated heterocycles. The summed E-state index contributed by atoms with van der Waals surface area (Å²) >= 11 is 1.93. The van der Waals surface area contributed by atoms with Gasteiger partial charge in [-0.1, -0.05) is 153 Å². The van der Waals surface area contributed by atoms with Gasteiger partial charge in [0, 0.05) is 262 Å². The summed E-state index contributed by atoms with van der Waals surface area (Å²) in [6.45, 7) is 11.7. The standard InChI is InChI=1S/C12H13NO3.C12H17NS.C12H17N.C11H15NO.C10H13NO2.2C9H9NO.C9H8O.3C4H8O3.5CH4O.2Ac/c1-16-12(15)8-13-10-5-3-2-4-9(10)6-7-11(13)14;1-14-10-9-13-8-4-6-11-5-2-3-7-12(11)13;1-2-9-13-10-5-7-11-6-3-4-8-12(11)13;13-9-8-12-7-3-5-10-4-1-2-6-11(10)12;12-7-5-11-6-8-13-10-4-2-1-3-9(10)11;2*11-9-6-5-7-3-1-2-4-8(7)10-9;10-9-6-5-7-3-1-2-4-8(7)9;3*1-6-3-4(5)7-2;5*1-2;;/h2-5H,6-8H2,1H3;2-3,5,7H,4,6,8-10H2,1H3;3-4,6,8H,2,5,7,9-10H2,1H3;1-2,4,6,13H,3,5,7-9H2;1-4,12H,5-8H2;2*1-4H,5-6H2,(H,10,11);1-4H,5-6H2;3*3H2,1-2H3;5*2H,1H3;;. The summed E-state index contributed by atoms with van der Waals surface area (Å²) in [6, 6.07) is 65.3. The van der Waals surface area contributed by atoms with Crippen molar-refractivity contribution >= 4 is 99.0 Å². The van der Waals surface area contributed by atoms with Gasteiger partial charge < -0.3 is 109 Å². The van der Waals surface area contributed by atoms with Crippen molar-refractivity contribution in [3.05, 3.63) is 239 Å². The zero-order valence-electron chi connectivity index (χ0n) is 80.9. The molecule has 8 aromatic carbocycles. The van der Waals surface area contributed by atoms with Crippen molar-refractivity contribution in [3.63, 3.8) is 0 Å². The second-order valence-electron chi connectivity index (χ2n) is 28.6. The van der Waals surface area contributed by atoms with Crippen molar-refractivity contribution in [2.45, 2.75) is 103 Å². The van der Waals surface area contributed by atoms with Crippen molar-refractivity contribution in [1.82, 2.24) is 0 Å². The number of nitrogens with one attached hydrogen (secondary N) is 2. The van der Waals surface area contributed by atoms with E-state index in [9.17, 15) is 38.4 Å². The van der Waals surface area contributed by atoms with Crippen LogP contribution in [0.3, 0.4) is 0 Å². The number of ketones is 1. The molecular formula is C101H145Ac2N7O23S. The van der Waals surface area contributed by atoms with Gasteiger partial charge in [0.25, 0.3) is 0 Å². The van der Waals surface area contributed by atoms with Crippen LogP contribution in [0.15, 0.2) is 194 Å². The van der Waals surface area contributed by atoms with E-state index >= 15 is 0 Å². The second kappa shape index (κ2) is 81.7. The fraction of sp³-hybridized carbons (Fsp3) is 0.446. The number of aliphatic hydroxyl groups is 7. The minimum absolute atomic E-state index is 0. The van der Waals surface area contributed by atoms with Crippen LogP contribution in [0.5, 0.6) is 5.75 Å². The van der Waals surface area contributed by atoms with Crippen molar-refractivity contribution < 1.29 is 200 Å². The number of aryl methyl sites for hydroxylation is 7. The molecular weight excluding hydrogens is 2170 g/mol. The van der Waals surface area contributed by atoms with E-state index in [1.807, 2.05) is 121 Å². The molecule has 734 valence electrons. The molecule has 7 heterocycles. The number of benzene rings is 8. The molecule has 0 spiro atoms. The average molecular weight is 2310 g/mol. The largest absolute Gasteiger partial charge is 0.490 e. The van der Waals surface area contributed by atoms with Crippen molar-refractivity contribution in [1.29, 1.82) is 0 Å². The summed E-state index contributed by atoms with van der Waals surface area (Å²) in [5.41, 5.74) is 18.3. The van der Waals surface area contributed by atoms with Crippen LogP contribution in [-0.2, 0) is 112 Å².